The van der Waals surface area contributed by atoms with Crippen molar-refractivity contribution < 1.29 is 9.59 Å². The molecule has 0 heterocycles. The Bertz CT molecular complexity index is 264. The summed E-state index contributed by atoms with van der Waals surface area (Å²) in [6, 6.07) is -0.531. The summed E-state index contributed by atoms with van der Waals surface area (Å²) < 4.78 is 0. The molecule has 0 fully saturated rings. The van der Waals surface area contributed by atoms with Gasteiger partial charge in [0.25, 0.3) is 0 Å². The second-order valence-electron chi connectivity index (χ2n) is 4.82. The Morgan fingerprint density at radius 1 is 1.24 bits per heavy atom. The van der Waals surface area contributed by atoms with Crippen LogP contribution in [0.25, 0.3) is 0 Å². The predicted molar refractivity (Wildman–Crippen MR) is 68.4 cm³/mol. The van der Waals surface area contributed by atoms with Gasteiger partial charge in [0.1, 0.15) is 0 Å². The Kier molecular flexibility index (Phi) is 6.80. The lowest BCUT2D eigenvalue weighted by atomic mass is 10.0. The van der Waals surface area contributed by atoms with Crippen molar-refractivity contribution in [3.05, 3.63) is 0 Å². The summed E-state index contributed by atoms with van der Waals surface area (Å²) >= 11 is 0. The quantitative estimate of drug-likeness (QED) is 0.729. The van der Waals surface area contributed by atoms with Gasteiger partial charge in [-0.1, -0.05) is 20.8 Å². The van der Waals surface area contributed by atoms with Crippen LogP contribution >= 0.6 is 0 Å². The van der Waals surface area contributed by atoms with Gasteiger partial charge in [-0.15, -0.1) is 0 Å². The molecule has 1 atom stereocenters. The van der Waals surface area contributed by atoms with Gasteiger partial charge in [-0.3, -0.25) is 9.59 Å². The van der Waals surface area contributed by atoms with Crippen LogP contribution in [0.5, 0.6) is 0 Å². The SMILES string of the molecule is CCCN(CC(=O)N(C)C)C(=O)C(N)C(C)C. The molecule has 0 aromatic carbocycles. The number of amides is 2. The molecule has 0 saturated carbocycles. The highest BCUT2D eigenvalue weighted by Crippen LogP contribution is 2.05. The van der Waals surface area contributed by atoms with Crippen molar-refractivity contribution in [2.75, 3.05) is 27.2 Å². The number of rotatable bonds is 6. The highest BCUT2D eigenvalue weighted by molar-refractivity contribution is 5.87. The van der Waals surface area contributed by atoms with E-state index in [9.17, 15) is 9.59 Å². The summed E-state index contributed by atoms with van der Waals surface area (Å²) in [5, 5.41) is 0. The molecule has 5 nitrogen and oxygen atoms in total. The summed E-state index contributed by atoms with van der Waals surface area (Å²) in [6.07, 6.45) is 0.817. The van der Waals surface area contributed by atoms with Gasteiger partial charge < -0.3 is 15.5 Å². The third-order valence-corrected chi connectivity index (χ3v) is 2.63. The smallest absolute Gasteiger partial charge is 0.241 e. The van der Waals surface area contributed by atoms with E-state index in [-0.39, 0.29) is 24.3 Å². The maximum Gasteiger partial charge on any atom is 0.241 e. The van der Waals surface area contributed by atoms with Gasteiger partial charge in [0.05, 0.1) is 12.6 Å². The Morgan fingerprint density at radius 2 is 1.76 bits per heavy atom. The van der Waals surface area contributed by atoms with Crippen molar-refractivity contribution in [1.82, 2.24) is 9.80 Å². The zero-order valence-corrected chi connectivity index (χ0v) is 11.6. The number of carbonyl (C=O) groups is 2. The van der Waals surface area contributed by atoms with E-state index < -0.39 is 6.04 Å². The van der Waals surface area contributed by atoms with Crippen molar-refractivity contribution in [1.29, 1.82) is 0 Å². The van der Waals surface area contributed by atoms with Crippen LogP contribution < -0.4 is 5.73 Å². The van der Waals surface area contributed by atoms with Crippen LogP contribution in [-0.4, -0.2) is 54.8 Å². The topological polar surface area (TPSA) is 66.6 Å². The van der Waals surface area contributed by atoms with Gasteiger partial charge in [-0.2, -0.15) is 0 Å². The van der Waals surface area contributed by atoms with Gasteiger partial charge in [-0.25, -0.2) is 0 Å². The third kappa shape index (κ3) is 5.17. The summed E-state index contributed by atoms with van der Waals surface area (Å²) in [4.78, 5) is 26.7. The van der Waals surface area contributed by atoms with Crippen LogP contribution in [0.4, 0.5) is 0 Å². The second-order valence-corrected chi connectivity index (χ2v) is 4.82. The molecule has 0 aliphatic heterocycles. The zero-order valence-electron chi connectivity index (χ0n) is 11.6. The zero-order chi connectivity index (χ0) is 13.6. The van der Waals surface area contributed by atoms with E-state index in [1.165, 1.54) is 4.90 Å². The van der Waals surface area contributed by atoms with E-state index in [2.05, 4.69) is 0 Å². The van der Waals surface area contributed by atoms with Crippen LogP contribution in [0.1, 0.15) is 27.2 Å². The lowest BCUT2D eigenvalue weighted by Crippen LogP contribution is -2.49. The molecule has 100 valence electrons. The molecule has 0 aliphatic carbocycles. The number of hydrogen-bond donors (Lipinski definition) is 1. The van der Waals surface area contributed by atoms with E-state index in [1.54, 1.807) is 19.0 Å². The molecular weight excluding hydrogens is 218 g/mol. The number of nitrogens with two attached hydrogens (primary N) is 1. The van der Waals surface area contributed by atoms with Crippen molar-refractivity contribution in [2.45, 2.75) is 33.2 Å². The molecule has 0 rings (SSSR count). The number of hydrogen-bond acceptors (Lipinski definition) is 3. The lowest BCUT2D eigenvalue weighted by Gasteiger charge is -2.27. The third-order valence-electron chi connectivity index (χ3n) is 2.63. The van der Waals surface area contributed by atoms with Crippen LogP contribution in [0.3, 0.4) is 0 Å². The van der Waals surface area contributed by atoms with E-state index in [0.717, 1.165) is 6.42 Å². The normalized spacial score (nSPS) is 12.4. The molecule has 0 spiro atoms. The van der Waals surface area contributed by atoms with Crippen LogP contribution in [0.2, 0.25) is 0 Å². The standard InChI is InChI=1S/C12H25N3O2/c1-6-7-15(8-10(16)14(4)5)12(17)11(13)9(2)3/h9,11H,6-8,13H2,1-5H3. The molecule has 0 bridgehead atoms. The summed E-state index contributed by atoms with van der Waals surface area (Å²) in [7, 11) is 3.36. The molecule has 1 unspecified atom stereocenters. The molecule has 17 heavy (non-hydrogen) atoms. The monoisotopic (exact) mass is 243 g/mol. The first-order valence-corrected chi connectivity index (χ1v) is 6.05. The molecule has 0 radical (unpaired) electrons. The van der Waals surface area contributed by atoms with Gasteiger partial charge >= 0.3 is 0 Å². The number of carbonyl (C=O) groups excluding carboxylic acids is 2. The van der Waals surface area contributed by atoms with E-state index in [4.69, 9.17) is 5.73 Å². The molecule has 0 saturated heterocycles. The average molecular weight is 243 g/mol. The maximum absolute atomic E-state index is 12.1. The molecule has 5 heteroatoms. The summed E-state index contributed by atoms with van der Waals surface area (Å²) in [5.41, 5.74) is 5.83. The predicted octanol–water partition coefficient (Wildman–Crippen LogP) is 0.297. The lowest BCUT2D eigenvalue weighted by molar-refractivity contribution is -0.140. The van der Waals surface area contributed by atoms with Crippen LogP contribution in [0.15, 0.2) is 0 Å². The first kappa shape index (κ1) is 15.9. The number of likely N-dealkylation sites (N-methyl/N-ethyl adjacent to an activating group) is 1. The van der Waals surface area contributed by atoms with Crippen molar-refractivity contribution in [3.8, 4) is 0 Å². The van der Waals surface area contributed by atoms with Gasteiger partial charge in [0.15, 0.2) is 0 Å². The highest BCUT2D eigenvalue weighted by Gasteiger charge is 2.24. The van der Waals surface area contributed by atoms with Crippen molar-refractivity contribution >= 4 is 11.8 Å². The largest absolute Gasteiger partial charge is 0.347 e. The van der Waals surface area contributed by atoms with E-state index in [0.29, 0.717) is 6.54 Å². The minimum absolute atomic E-state index is 0.0799. The fraction of sp³-hybridized carbons (Fsp3) is 0.833. The average Bonchev–Trinajstić information content (AvgIpc) is 2.25. The minimum Gasteiger partial charge on any atom is -0.347 e. The fourth-order valence-corrected chi connectivity index (χ4v) is 1.34. The second kappa shape index (κ2) is 7.27. The summed E-state index contributed by atoms with van der Waals surface area (Å²) in [5.74, 6) is -0.142. The Hall–Kier alpha value is -1.10. The van der Waals surface area contributed by atoms with Crippen molar-refractivity contribution in [3.63, 3.8) is 0 Å². The van der Waals surface area contributed by atoms with Crippen LogP contribution in [0, 0.1) is 5.92 Å². The molecule has 0 aromatic heterocycles. The van der Waals surface area contributed by atoms with Gasteiger partial charge in [-0.05, 0) is 12.3 Å². The van der Waals surface area contributed by atoms with Gasteiger partial charge in [0.2, 0.25) is 11.8 Å². The first-order chi connectivity index (χ1) is 7.81. The minimum atomic E-state index is -0.531. The number of nitrogens with zero attached hydrogens (tertiary/aromatic N) is 2. The van der Waals surface area contributed by atoms with Gasteiger partial charge in [0, 0.05) is 20.6 Å². The fourth-order valence-electron chi connectivity index (χ4n) is 1.34. The maximum atomic E-state index is 12.1. The Morgan fingerprint density at radius 3 is 2.12 bits per heavy atom. The first-order valence-electron chi connectivity index (χ1n) is 6.05. The molecule has 2 amide bonds. The Balaban J connectivity index is 4.62. The van der Waals surface area contributed by atoms with Crippen molar-refractivity contribution in [2.24, 2.45) is 11.7 Å². The molecule has 0 aromatic rings. The summed E-state index contributed by atoms with van der Waals surface area (Å²) in [6.45, 7) is 6.46. The van der Waals surface area contributed by atoms with Crippen LogP contribution in [-0.2, 0) is 9.59 Å². The van der Waals surface area contributed by atoms with E-state index in [1.807, 2.05) is 20.8 Å². The molecular formula is C12H25N3O2. The highest BCUT2D eigenvalue weighted by atomic mass is 16.2. The Labute approximate surface area is 104 Å². The molecule has 0 aliphatic rings. The van der Waals surface area contributed by atoms with E-state index >= 15 is 0 Å². The molecule has 2 N–H and O–H groups in total.